The van der Waals surface area contributed by atoms with Crippen LogP contribution in [-0.4, -0.2) is 28.0 Å². The van der Waals surface area contributed by atoms with Crippen LogP contribution in [0.1, 0.15) is 25.7 Å². The monoisotopic (exact) mass is 286 g/mol. The highest BCUT2D eigenvalue weighted by Gasteiger charge is 2.39. The fraction of sp³-hybridized carbons (Fsp3) is 0.600. The molecule has 6 nitrogen and oxygen atoms in total. The molecule has 2 heterocycles. The molecule has 3 atom stereocenters. The summed E-state index contributed by atoms with van der Waals surface area (Å²) in [6.07, 6.45) is 11.3. The molecular formula is C15H22N6. The van der Waals surface area contributed by atoms with Gasteiger partial charge in [-0.1, -0.05) is 6.42 Å². The highest BCUT2D eigenvalue weighted by atomic mass is 15.3. The van der Waals surface area contributed by atoms with E-state index in [0.29, 0.717) is 5.82 Å². The molecule has 0 radical (unpaired) electrons. The summed E-state index contributed by atoms with van der Waals surface area (Å²) in [7, 11) is 2.11. The Labute approximate surface area is 124 Å². The van der Waals surface area contributed by atoms with E-state index in [1.54, 1.807) is 6.20 Å². The molecule has 2 bridgehead atoms. The van der Waals surface area contributed by atoms with Crippen LogP contribution in [0.15, 0.2) is 18.6 Å². The molecule has 112 valence electrons. The summed E-state index contributed by atoms with van der Waals surface area (Å²) in [6.45, 7) is 1.06. The van der Waals surface area contributed by atoms with E-state index in [4.69, 9.17) is 5.84 Å². The zero-order chi connectivity index (χ0) is 14.4. The van der Waals surface area contributed by atoms with Crippen molar-refractivity contribution in [3.8, 4) is 0 Å². The maximum atomic E-state index is 5.53. The lowest BCUT2D eigenvalue weighted by molar-refractivity contribution is 0.337. The highest BCUT2D eigenvalue weighted by Crippen LogP contribution is 2.48. The number of hydrazine groups is 1. The maximum absolute atomic E-state index is 5.53. The number of aromatic nitrogens is 3. The maximum Gasteiger partial charge on any atom is 0.180 e. The standard InChI is InChI=1S/C15H22N6/c1-20(8-12-7-10-2-3-11(12)6-10)15-14-17-4-5-21(14)9-13(18-15)19-16/h4-5,9-12,19H,2-3,6-8,16H2,1H3. The summed E-state index contributed by atoms with van der Waals surface area (Å²) in [5, 5.41) is 0. The Morgan fingerprint density at radius 2 is 2.33 bits per heavy atom. The number of nitrogens with zero attached hydrogens (tertiary/aromatic N) is 4. The van der Waals surface area contributed by atoms with Crippen molar-refractivity contribution in [2.45, 2.75) is 25.7 Å². The summed E-state index contributed by atoms with van der Waals surface area (Å²) in [4.78, 5) is 11.3. The number of nitrogen functional groups attached to an aromatic ring is 1. The van der Waals surface area contributed by atoms with Crippen LogP contribution >= 0.6 is 0 Å². The number of hydrogen-bond acceptors (Lipinski definition) is 5. The van der Waals surface area contributed by atoms with Crippen molar-refractivity contribution in [3.05, 3.63) is 18.6 Å². The smallest absolute Gasteiger partial charge is 0.180 e. The lowest BCUT2D eigenvalue weighted by atomic mass is 9.88. The summed E-state index contributed by atoms with van der Waals surface area (Å²) in [5.74, 6) is 9.79. The molecule has 4 rings (SSSR count). The third-order valence-electron chi connectivity index (χ3n) is 5.26. The molecule has 21 heavy (non-hydrogen) atoms. The van der Waals surface area contributed by atoms with E-state index in [1.165, 1.54) is 25.7 Å². The summed E-state index contributed by atoms with van der Waals surface area (Å²) < 4.78 is 1.97. The Morgan fingerprint density at radius 3 is 3.05 bits per heavy atom. The van der Waals surface area contributed by atoms with Gasteiger partial charge in [0.15, 0.2) is 17.3 Å². The van der Waals surface area contributed by atoms with Crippen molar-refractivity contribution in [2.24, 2.45) is 23.6 Å². The molecule has 0 saturated heterocycles. The van der Waals surface area contributed by atoms with Crippen LogP contribution < -0.4 is 16.2 Å². The quantitative estimate of drug-likeness (QED) is 0.663. The second kappa shape index (κ2) is 4.87. The van der Waals surface area contributed by atoms with Gasteiger partial charge in [-0.25, -0.2) is 15.8 Å². The number of rotatable bonds is 4. The number of nitrogens with one attached hydrogen (secondary N) is 1. The Balaban J connectivity index is 1.61. The molecule has 6 heteroatoms. The van der Waals surface area contributed by atoms with E-state index in [2.05, 4.69) is 27.3 Å². The van der Waals surface area contributed by atoms with Gasteiger partial charge in [0.25, 0.3) is 0 Å². The molecule has 3 unspecified atom stereocenters. The Kier molecular flexibility index (Phi) is 2.99. The van der Waals surface area contributed by atoms with Crippen LogP contribution in [0.4, 0.5) is 11.6 Å². The van der Waals surface area contributed by atoms with Crippen molar-refractivity contribution in [1.82, 2.24) is 14.4 Å². The molecule has 2 aliphatic rings. The molecule has 0 amide bonds. The SMILES string of the molecule is CN(CC1CC2CCC1C2)c1nc(NN)cn2ccnc12. The van der Waals surface area contributed by atoms with Gasteiger partial charge in [0, 0.05) is 26.0 Å². The fourth-order valence-electron chi connectivity index (χ4n) is 4.28. The van der Waals surface area contributed by atoms with Gasteiger partial charge in [0.05, 0.1) is 6.20 Å². The lowest BCUT2D eigenvalue weighted by Gasteiger charge is -2.28. The van der Waals surface area contributed by atoms with Crippen LogP contribution in [0.25, 0.3) is 5.65 Å². The van der Waals surface area contributed by atoms with E-state index in [0.717, 1.165) is 35.8 Å². The highest BCUT2D eigenvalue weighted by molar-refractivity contribution is 5.66. The first-order chi connectivity index (χ1) is 10.2. The van der Waals surface area contributed by atoms with Crippen LogP contribution in [0, 0.1) is 17.8 Å². The minimum atomic E-state index is 0.662. The second-order valence-electron chi connectivity index (χ2n) is 6.57. The van der Waals surface area contributed by atoms with E-state index in [9.17, 15) is 0 Å². The predicted octanol–water partition coefficient (Wildman–Crippen LogP) is 1.89. The third kappa shape index (κ3) is 2.14. The first-order valence-corrected chi connectivity index (χ1v) is 7.76. The van der Waals surface area contributed by atoms with E-state index >= 15 is 0 Å². The molecule has 2 fully saturated rings. The number of imidazole rings is 1. The summed E-state index contributed by atoms with van der Waals surface area (Å²) >= 11 is 0. The predicted molar refractivity (Wildman–Crippen MR) is 83.0 cm³/mol. The van der Waals surface area contributed by atoms with Gasteiger partial charge in [-0.2, -0.15) is 0 Å². The molecular weight excluding hydrogens is 264 g/mol. The largest absolute Gasteiger partial charge is 0.356 e. The van der Waals surface area contributed by atoms with Crippen molar-refractivity contribution >= 4 is 17.3 Å². The van der Waals surface area contributed by atoms with Crippen LogP contribution in [0.3, 0.4) is 0 Å². The second-order valence-corrected chi connectivity index (χ2v) is 6.57. The minimum absolute atomic E-state index is 0.662. The Bertz CT molecular complexity index is 651. The molecule has 3 N–H and O–H groups in total. The number of fused-ring (bicyclic) bond motifs is 3. The van der Waals surface area contributed by atoms with Crippen molar-refractivity contribution in [2.75, 3.05) is 23.9 Å². The van der Waals surface area contributed by atoms with Gasteiger partial charge < -0.3 is 14.7 Å². The van der Waals surface area contributed by atoms with E-state index < -0.39 is 0 Å². The average molecular weight is 286 g/mol. The summed E-state index contributed by atoms with van der Waals surface area (Å²) in [5.41, 5.74) is 3.53. The molecule has 0 aromatic carbocycles. The minimum Gasteiger partial charge on any atom is -0.356 e. The van der Waals surface area contributed by atoms with Gasteiger partial charge >= 0.3 is 0 Å². The number of hydrogen-bond donors (Lipinski definition) is 2. The normalized spacial score (nSPS) is 27.4. The van der Waals surface area contributed by atoms with Gasteiger partial charge in [0.1, 0.15) is 0 Å². The Hall–Kier alpha value is -1.82. The van der Waals surface area contributed by atoms with Gasteiger partial charge in [0.2, 0.25) is 0 Å². The molecule has 0 aliphatic heterocycles. The van der Waals surface area contributed by atoms with Gasteiger partial charge in [-0.05, 0) is 37.0 Å². The van der Waals surface area contributed by atoms with Crippen LogP contribution in [0.2, 0.25) is 0 Å². The average Bonchev–Trinajstić information content (AvgIpc) is 3.21. The van der Waals surface area contributed by atoms with Crippen molar-refractivity contribution in [1.29, 1.82) is 0 Å². The molecule has 2 aromatic heterocycles. The van der Waals surface area contributed by atoms with Crippen molar-refractivity contribution < 1.29 is 0 Å². The van der Waals surface area contributed by atoms with Crippen LogP contribution in [0.5, 0.6) is 0 Å². The number of nitrogens with two attached hydrogens (primary N) is 1. The van der Waals surface area contributed by atoms with Gasteiger partial charge in [-0.15, -0.1) is 0 Å². The Morgan fingerprint density at radius 1 is 1.43 bits per heavy atom. The molecule has 0 spiro atoms. The van der Waals surface area contributed by atoms with E-state index in [-0.39, 0.29) is 0 Å². The zero-order valence-electron chi connectivity index (χ0n) is 12.4. The summed E-state index contributed by atoms with van der Waals surface area (Å²) in [6, 6.07) is 0. The first kappa shape index (κ1) is 12.9. The molecule has 2 saturated carbocycles. The van der Waals surface area contributed by atoms with Crippen LogP contribution in [-0.2, 0) is 0 Å². The van der Waals surface area contributed by atoms with E-state index in [1.807, 2.05) is 16.8 Å². The molecule has 2 aliphatic carbocycles. The first-order valence-electron chi connectivity index (χ1n) is 7.76. The third-order valence-corrected chi connectivity index (χ3v) is 5.26. The zero-order valence-corrected chi connectivity index (χ0v) is 12.4. The topological polar surface area (TPSA) is 71.5 Å². The van der Waals surface area contributed by atoms with Gasteiger partial charge in [-0.3, -0.25) is 0 Å². The number of anilines is 2. The lowest BCUT2D eigenvalue weighted by Crippen LogP contribution is -2.30. The van der Waals surface area contributed by atoms with Crippen molar-refractivity contribution in [3.63, 3.8) is 0 Å². The molecule has 2 aromatic rings. The fourth-order valence-corrected chi connectivity index (χ4v) is 4.28.